The zero-order valence-electron chi connectivity index (χ0n) is 16.1. The minimum atomic E-state index is -0.242. The van der Waals surface area contributed by atoms with Gasteiger partial charge in [0.25, 0.3) is 5.91 Å². The van der Waals surface area contributed by atoms with Crippen LogP contribution >= 0.6 is 0 Å². The molecule has 1 heterocycles. The number of ether oxygens (including phenoxy) is 2. The molecule has 0 atom stereocenters. The number of carbonyl (C=O) groups is 1. The molecule has 0 fully saturated rings. The van der Waals surface area contributed by atoms with E-state index < -0.39 is 0 Å². The largest absolute Gasteiger partial charge is 0.497 e. The van der Waals surface area contributed by atoms with Crippen molar-refractivity contribution in [3.8, 4) is 17.2 Å². The van der Waals surface area contributed by atoms with Gasteiger partial charge in [-0.15, -0.1) is 10.2 Å². The molecule has 0 aliphatic heterocycles. The monoisotopic (exact) mass is 388 g/mol. The molecule has 0 spiro atoms. The summed E-state index contributed by atoms with van der Waals surface area (Å²) in [6.07, 6.45) is 0. The normalized spacial score (nSPS) is 10.7. The highest BCUT2D eigenvalue weighted by molar-refractivity contribution is 5.93. The van der Waals surface area contributed by atoms with Gasteiger partial charge in [-0.05, 0) is 67.1 Å². The van der Waals surface area contributed by atoms with Gasteiger partial charge in [-0.2, -0.15) is 4.80 Å². The topological polar surface area (TPSA) is 78.3 Å². The maximum Gasteiger partial charge on any atom is 0.262 e. The fraction of sp³-hybridized carbons (Fsp3) is 0.136. The maximum atomic E-state index is 12.2. The summed E-state index contributed by atoms with van der Waals surface area (Å²) in [7, 11) is 1.62. The van der Waals surface area contributed by atoms with Gasteiger partial charge in [0.15, 0.2) is 6.61 Å². The lowest BCUT2D eigenvalue weighted by Gasteiger charge is -2.08. The van der Waals surface area contributed by atoms with Crippen LogP contribution < -0.4 is 14.8 Å². The maximum absolute atomic E-state index is 12.2. The number of fused-ring (bicyclic) bond motifs is 1. The first-order valence-electron chi connectivity index (χ1n) is 9.11. The van der Waals surface area contributed by atoms with E-state index in [4.69, 9.17) is 9.47 Å². The Hall–Kier alpha value is -3.87. The van der Waals surface area contributed by atoms with E-state index in [9.17, 15) is 4.79 Å². The Bertz CT molecular complexity index is 1150. The molecule has 4 rings (SSSR count). The van der Waals surface area contributed by atoms with Gasteiger partial charge in [-0.25, -0.2) is 0 Å². The first-order valence-corrected chi connectivity index (χ1v) is 9.11. The van der Waals surface area contributed by atoms with Crippen LogP contribution in [0.1, 0.15) is 5.56 Å². The van der Waals surface area contributed by atoms with Crippen molar-refractivity contribution in [2.75, 3.05) is 19.0 Å². The van der Waals surface area contributed by atoms with E-state index in [1.165, 1.54) is 0 Å². The van der Waals surface area contributed by atoms with Gasteiger partial charge < -0.3 is 14.8 Å². The Labute approximate surface area is 167 Å². The fourth-order valence-electron chi connectivity index (χ4n) is 2.87. The first-order chi connectivity index (χ1) is 14.1. The van der Waals surface area contributed by atoms with Gasteiger partial charge in [-0.1, -0.05) is 12.1 Å². The number of rotatable bonds is 6. The van der Waals surface area contributed by atoms with Crippen LogP contribution in [0.3, 0.4) is 0 Å². The van der Waals surface area contributed by atoms with Crippen molar-refractivity contribution in [2.45, 2.75) is 6.92 Å². The molecule has 146 valence electrons. The number of amides is 1. The summed E-state index contributed by atoms with van der Waals surface area (Å²) in [6, 6.07) is 20.4. The minimum Gasteiger partial charge on any atom is -0.497 e. The highest BCUT2D eigenvalue weighted by Gasteiger charge is 2.09. The minimum absolute atomic E-state index is 0.0694. The Morgan fingerprint density at radius 3 is 2.52 bits per heavy atom. The summed E-state index contributed by atoms with van der Waals surface area (Å²) in [6.45, 7) is 1.90. The second kappa shape index (κ2) is 8.02. The van der Waals surface area contributed by atoms with Gasteiger partial charge in [0.05, 0.1) is 12.8 Å². The first kappa shape index (κ1) is 18.5. The number of nitrogens with zero attached hydrogens (tertiary/aromatic N) is 3. The molecule has 7 heteroatoms. The average molecular weight is 388 g/mol. The predicted octanol–water partition coefficient (Wildman–Crippen LogP) is 3.76. The molecule has 4 aromatic rings. The number of anilines is 1. The molecular weight excluding hydrogens is 368 g/mol. The van der Waals surface area contributed by atoms with Crippen molar-refractivity contribution >= 4 is 22.6 Å². The van der Waals surface area contributed by atoms with Gasteiger partial charge in [0.1, 0.15) is 22.5 Å². The molecule has 1 N–H and O–H groups in total. The van der Waals surface area contributed by atoms with Crippen LogP contribution in [-0.4, -0.2) is 34.6 Å². The third-order valence-electron chi connectivity index (χ3n) is 4.33. The molecule has 1 aromatic heterocycles. The van der Waals surface area contributed by atoms with Gasteiger partial charge in [0, 0.05) is 5.69 Å². The predicted molar refractivity (Wildman–Crippen MR) is 111 cm³/mol. The second-order valence-corrected chi connectivity index (χ2v) is 6.54. The van der Waals surface area contributed by atoms with Crippen molar-refractivity contribution in [3.05, 3.63) is 72.3 Å². The van der Waals surface area contributed by atoms with Crippen molar-refractivity contribution in [3.63, 3.8) is 0 Å². The Morgan fingerprint density at radius 2 is 1.76 bits per heavy atom. The van der Waals surface area contributed by atoms with Crippen molar-refractivity contribution < 1.29 is 14.3 Å². The standard InChI is InChI=1S/C22H20N4O3/c1-15-4-3-5-19(12-15)29-14-22(27)23-16-6-11-20-21(13-16)25-26(24-20)17-7-9-18(28-2)10-8-17/h3-13H,14H2,1-2H3,(H,23,27). The summed E-state index contributed by atoms with van der Waals surface area (Å²) in [5.41, 5.74) is 3.94. The molecule has 0 saturated heterocycles. The van der Waals surface area contributed by atoms with E-state index in [-0.39, 0.29) is 12.5 Å². The zero-order chi connectivity index (χ0) is 20.2. The average Bonchev–Trinajstić information content (AvgIpc) is 3.16. The fourth-order valence-corrected chi connectivity index (χ4v) is 2.87. The van der Waals surface area contributed by atoms with Crippen LogP contribution in [-0.2, 0) is 4.79 Å². The lowest BCUT2D eigenvalue weighted by molar-refractivity contribution is -0.118. The molecule has 7 nitrogen and oxygen atoms in total. The molecule has 1 amide bonds. The summed E-state index contributed by atoms with van der Waals surface area (Å²) in [5, 5.41) is 11.8. The number of hydrogen-bond donors (Lipinski definition) is 1. The van der Waals surface area contributed by atoms with Gasteiger partial charge >= 0.3 is 0 Å². The lowest BCUT2D eigenvalue weighted by atomic mass is 10.2. The van der Waals surface area contributed by atoms with Gasteiger partial charge in [-0.3, -0.25) is 4.79 Å². The number of carbonyl (C=O) groups excluding carboxylic acids is 1. The SMILES string of the molecule is COc1ccc(-n2nc3ccc(NC(=O)COc4cccc(C)c4)cc3n2)cc1. The third kappa shape index (κ3) is 4.35. The molecule has 3 aromatic carbocycles. The van der Waals surface area contributed by atoms with Crippen LogP contribution in [0.25, 0.3) is 16.7 Å². The number of nitrogens with one attached hydrogen (secondary N) is 1. The van der Waals surface area contributed by atoms with Crippen LogP contribution in [0.5, 0.6) is 11.5 Å². The number of hydrogen-bond acceptors (Lipinski definition) is 5. The Kier molecular flexibility index (Phi) is 5.11. The summed E-state index contributed by atoms with van der Waals surface area (Å²) >= 11 is 0. The summed E-state index contributed by atoms with van der Waals surface area (Å²) < 4.78 is 10.7. The number of aromatic nitrogens is 3. The molecule has 0 saturated carbocycles. The molecule has 0 aliphatic rings. The van der Waals surface area contributed by atoms with E-state index >= 15 is 0 Å². The second-order valence-electron chi connectivity index (χ2n) is 6.54. The van der Waals surface area contributed by atoms with E-state index in [1.807, 2.05) is 61.5 Å². The molecule has 29 heavy (non-hydrogen) atoms. The zero-order valence-corrected chi connectivity index (χ0v) is 16.1. The summed E-state index contributed by atoms with van der Waals surface area (Å²) in [4.78, 5) is 13.8. The Morgan fingerprint density at radius 1 is 0.966 bits per heavy atom. The van der Waals surface area contributed by atoms with E-state index in [0.29, 0.717) is 17.0 Å². The highest BCUT2D eigenvalue weighted by atomic mass is 16.5. The number of benzene rings is 3. The van der Waals surface area contributed by atoms with Crippen molar-refractivity contribution in [2.24, 2.45) is 0 Å². The Balaban J connectivity index is 1.44. The lowest BCUT2D eigenvalue weighted by Crippen LogP contribution is -2.20. The van der Waals surface area contributed by atoms with Crippen LogP contribution in [0, 0.1) is 6.92 Å². The van der Waals surface area contributed by atoms with E-state index in [1.54, 1.807) is 24.0 Å². The quantitative estimate of drug-likeness (QED) is 0.544. The molecule has 0 bridgehead atoms. The smallest absolute Gasteiger partial charge is 0.262 e. The third-order valence-corrected chi connectivity index (χ3v) is 4.33. The highest BCUT2D eigenvalue weighted by Crippen LogP contribution is 2.19. The van der Waals surface area contributed by atoms with Crippen LogP contribution in [0.2, 0.25) is 0 Å². The van der Waals surface area contributed by atoms with Crippen molar-refractivity contribution in [1.82, 2.24) is 15.0 Å². The van der Waals surface area contributed by atoms with Gasteiger partial charge in [0.2, 0.25) is 0 Å². The van der Waals surface area contributed by atoms with E-state index in [0.717, 1.165) is 22.5 Å². The molecule has 0 aliphatic carbocycles. The van der Waals surface area contributed by atoms with Crippen LogP contribution in [0.4, 0.5) is 5.69 Å². The molecular formula is C22H20N4O3. The van der Waals surface area contributed by atoms with Crippen molar-refractivity contribution in [1.29, 1.82) is 0 Å². The number of aryl methyl sites for hydroxylation is 1. The summed E-state index contributed by atoms with van der Waals surface area (Å²) in [5.74, 6) is 1.19. The van der Waals surface area contributed by atoms with E-state index in [2.05, 4.69) is 15.5 Å². The number of methoxy groups -OCH3 is 1. The van der Waals surface area contributed by atoms with Crippen LogP contribution in [0.15, 0.2) is 66.7 Å². The molecule has 0 unspecified atom stereocenters. The molecule has 0 radical (unpaired) electrons.